The lowest BCUT2D eigenvalue weighted by molar-refractivity contribution is -0.139. The molecule has 16 heavy (non-hydrogen) atoms. The van der Waals surface area contributed by atoms with Gasteiger partial charge in [-0.15, -0.1) is 0 Å². The van der Waals surface area contributed by atoms with Gasteiger partial charge in [-0.05, 0) is 25.2 Å². The number of aliphatic carboxylic acids is 1. The van der Waals surface area contributed by atoms with E-state index < -0.39 is 5.97 Å². The first-order chi connectivity index (χ1) is 7.59. The lowest BCUT2D eigenvalue weighted by atomic mass is 10.1. The first-order valence-electron chi connectivity index (χ1n) is 6.13. The number of carboxylic acids is 1. The molecule has 0 spiro atoms. The molecule has 1 rings (SSSR count). The molecule has 1 atom stereocenters. The summed E-state index contributed by atoms with van der Waals surface area (Å²) in [6, 6.07) is 0.376. The normalized spacial score (nSPS) is 22.4. The molecule has 1 heterocycles. The third kappa shape index (κ3) is 4.94. The Balaban J connectivity index is 2.53. The van der Waals surface area contributed by atoms with Crippen LogP contribution in [0.3, 0.4) is 0 Å². The summed E-state index contributed by atoms with van der Waals surface area (Å²) in [4.78, 5) is 12.9. The van der Waals surface area contributed by atoms with Crippen molar-refractivity contribution >= 4 is 5.97 Å². The number of hydrogen-bond acceptors (Lipinski definition) is 3. The van der Waals surface area contributed by atoms with Gasteiger partial charge in [-0.2, -0.15) is 0 Å². The number of ether oxygens (including phenoxy) is 1. The number of nitrogens with zero attached hydrogens (tertiary/aromatic N) is 1. The van der Waals surface area contributed by atoms with E-state index in [9.17, 15) is 4.79 Å². The van der Waals surface area contributed by atoms with Gasteiger partial charge in [0.2, 0.25) is 0 Å². The average Bonchev–Trinajstić information content (AvgIpc) is 2.42. The van der Waals surface area contributed by atoms with Crippen LogP contribution in [0.5, 0.6) is 0 Å². The monoisotopic (exact) mass is 229 g/mol. The van der Waals surface area contributed by atoms with Gasteiger partial charge in [0.15, 0.2) is 0 Å². The number of carboxylic acid groups (broad SMARTS) is 1. The summed E-state index contributed by atoms with van der Waals surface area (Å²) in [5, 5.41) is 8.92. The van der Waals surface area contributed by atoms with Gasteiger partial charge in [0.05, 0.1) is 6.54 Å². The maximum atomic E-state index is 10.8. The summed E-state index contributed by atoms with van der Waals surface area (Å²) >= 11 is 0. The molecule has 0 aromatic rings. The molecule has 1 aliphatic rings. The molecule has 0 aromatic heterocycles. The van der Waals surface area contributed by atoms with Gasteiger partial charge in [-0.25, -0.2) is 0 Å². The Labute approximate surface area is 97.6 Å². The fourth-order valence-corrected chi connectivity index (χ4v) is 2.24. The SMILES string of the molecule is CC(C)CN(CC(=O)O)C1CCCOCC1. The molecule has 4 heteroatoms. The Bertz CT molecular complexity index is 210. The van der Waals surface area contributed by atoms with E-state index in [-0.39, 0.29) is 6.54 Å². The second-order valence-corrected chi connectivity index (χ2v) is 4.91. The Morgan fingerprint density at radius 1 is 1.44 bits per heavy atom. The fraction of sp³-hybridized carbons (Fsp3) is 0.917. The molecule has 0 saturated carbocycles. The molecule has 94 valence electrons. The van der Waals surface area contributed by atoms with Gasteiger partial charge < -0.3 is 9.84 Å². The lowest BCUT2D eigenvalue weighted by Crippen LogP contribution is -2.41. The van der Waals surface area contributed by atoms with Crippen molar-refractivity contribution in [1.29, 1.82) is 0 Å². The minimum atomic E-state index is -0.731. The summed E-state index contributed by atoms with van der Waals surface area (Å²) in [7, 11) is 0. The molecule has 0 amide bonds. The largest absolute Gasteiger partial charge is 0.480 e. The lowest BCUT2D eigenvalue weighted by Gasteiger charge is -2.30. The number of hydrogen-bond donors (Lipinski definition) is 1. The molecule has 0 aliphatic carbocycles. The first kappa shape index (κ1) is 13.5. The topological polar surface area (TPSA) is 49.8 Å². The zero-order chi connectivity index (χ0) is 12.0. The summed E-state index contributed by atoms with van der Waals surface area (Å²) in [6.45, 7) is 6.85. The molecule has 4 nitrogen and oxygen atoms in total. The molecular weight excluding hydrogens is 206 g/mol. The van der Waals surface area contributed by atoms with Crippen molar-refractivity contribution in [1.82, 2.24) is 4.90 Å². The highest BCUT2D eigenvalue weighted by Gasteiger charge is 2.22. The van der Waals surface area contributed by atoms with E-state index in [1.54, 1.807) is 0 Å². The number of carbonyl (C=O) groups is 1. The van der Waals surface area contributed by atoms with Crippen LogP contribution in [0.4, 0.5) is 0 Å². The van der Waals surface area contributed by atoms with Crippen LogP contribution < -0.4 is 0 Å². The van der Waals surface area contributed by atoms with Gasteiger partial charge in [0.1, 0.15) is 0 Å². The highest BCUT2D eigenvalue weighted by atomic mass is 16.5. The van der Waals surface area contributed by atoms with Gasteiger partial charge in [-0.1, -0.05) is 13.8 Å². The number of rotatable bonds is 5. The molecule has 1 fully saturated rings. The second kappa shape index (κ2) is 6.86. The van der Waals surface area contributed by atoms with Crippen molar-refractivity contribution in [3.8, 4) is 0 Å². The highest BCUT2D eigenvalue weighted by Crippen LogP contribution is 2.16. The van der Waals surface area contributed by atoms with E-state index in [0.29, 0.717) is 12.0 Å². The van der Waals surface area contributed by atoms with E-state index in [0.717, 1.165) is 39.0 Å². The first-order valence-corrected chi connectivity index (χ1v) is 6.13. The van der Waals surface area contributed by atoms with E-state index in [4.69, 9.17) is 9.84 Å². The van der Waals surface area contributed by atoms with Crippen LogP contribution in [0.1, 0.15) is 33.1 Å². The van der Waals surface area contributed by atoms with Gasteiger partial charge >= 0.3 is 5.97 Å². The van der Waals surface area contributed by atoms with Crippen LogP contribution in [0.25, 0.3) is 0 Å². The maximum absolute atomic E-state index is 10.8. The standard InChI is InChI=1S/C12H23NO3/c1-10(2)8-13(9-12(14)15)11-4-3-6-16-7-5-11/h10-11H,3-9H2,1-2H3,(H,14,15). The predicted octanol–water partition coefficient (Wildman–Crippen LogP) is 1.60. The molecule has 1 aliphatic heterocycles. The van der Waals surface area contributed by atoms with Crippen LogP contribution in [-0.4, -0.2) is 48.3 Å². The predicted molar refractivity (Wildman–Crippen MR) is 62.5 cm³/mol. The van der Waals surface area contributed by atoms with E-state index in [1.165, 1.54) is 0 Å². The molecule has 0 bridgehead atoms. The van der Waals surface area contributed by atoms with Gasteiger partial charge in [0.25, 0.3) is 0 Å². The third-order valence-corrected chi connectivity index (χ3v) is 2.88. The Hall–Kier alpha value is -0.610. The van der Waals surface area contributed by atoms with Crippen molar-refractivity contribution in [2.24, 2.45) is 5.92 Å². The summed E-state index contributed by atoms with van der Waals surface area (Å²) in [5.41, 5.74) is 0. The Morgan fingerprint density at radius 2 is 2.19 bits per heavy atom. The maximum Gasteiger partial charge on any atom is 0.317 e. The molecular formula is C12H23NO3. The van der Waals surface area contributed by atoms with Crippen LogP contribution in [0.2, 0.25) is 0 Å². The summed E-state index contributed by atoms with van der Waals surface area (Å²) < 4.78 is 5.41. The molecule has 0 aromatic carbocycles. The van der Waals surface area contributed by atoms with Crippen LogP contribution in [0, 0.1) is 5.92 Å². The molecule has 1 N–H and O–H groups in total. The molecule has 1 unspecified atom stereocenters. The fourth-order valence-electron chi connectivity index (χ4n) is 2.24. The van der Waals surface area contributed by atoms with E-state index in [1.807, 2.05) is 0 Å². The quantitative estimate of drug-likeness (QED) is 0.778. The zero-order valence-electron chi connectivity index (χ0n) is 10.3. The van der Waals surface area contributed by atoms with Gasteiger partial charge in [-0.3, -0.25) is 9.69 Å². The third-order valence-electron chi connectivity index (χ3n) is 2.88. The van der Waals surface area contributed by atoms with Crippen LogP contribution in [-0.2, 0) is 9.53 Å². The van der Waals surface area contributed by atoms with Crippen molar-refractivity contribution in [3.05, 3.63) is 0 Å². The Kier molecular flexibility index (Phi) is 5.77. The Morgan fingerprint density at radius 3 is 2.81 bits per heavy atom. The van der Waals surface area contributed by atoms with Crippen LogP contribution >= 0.6 is 0 Å². The zero-order valence-corrected chi connectivity index (χ0v) is 10.3. The smallest absolute Gasteiger partial charge is 0.317 e. The average molecular weight is 229 g/mol. The minimum absolute atomic E-state index is 0.156. The van der Waals surface area contributed by atoms with Crippen molar-refractivity contribution in [2.75, 3.05) is 26.3 Å². The minimum Gasteiger partial charge on any atom is -0.480 e. The molecule has 1 saturated heterocycles. The summed E-state index contributed by atoms with van der Waals surface area (Å²) in [5.74, 6) is -0.227. The second-order valence-electron chi connectivity index (χ2n) is 4.91. The molecule has 0 radical (unpaired) electrons. The summed E-state index contributed by atoms with van der Waals surface area (Å²) in [6.07, 6.45) is 3.05. The van der Waals surface area contributed by atoms with Crippen molar-refractivity contribution in [2.45, 2.75) is 39.2 Å². The highest BCUT2D eigenvalue weighted by molar-refractivity contribution is 5.69. The van der Waals surface area contributed by atoms with E-state index in [2.05, 4.69) is 18.7 Å². The van der Waals surface area contributed by atoms with Crippen molar-refractivity contribution < 1.29 is 14.6 Å². The van der Waals surface area contributed by atoms with Crippen molar-refractivity contribution in [3.63, 3.8) is 0 Å². The van der Waals surface area contributed by atoms with Gasteiger partial charge in [0, 0.05) is 25.8 Å². The van der Waals surface area contributed by atoms with Crippen LogP contribution in [0.15, 0.2) is 0 Å². The van der Waals surface area contributed by atoms with E-state index >= 15 is 0 Å².